The summed E-state index contributed by atoms with van der Waals surface area (Å²) < 4.78 is 29.4. The van der Waals surface area contributed by atoms with Crippen LogP contribution in [0, 0.1) is 0 Å². The van der Waals surface area contributed by atoms with Crippen molar-refractivity contribution < 1.29 is 27.5 Å². The largest absolute Gasteiger partial charge is 0.483 e. The Morgan fingerprint density at radius 1 is 0.938 bits per heavy atom. The van der Waals surface area contributed by atoms with Gasteiger partial charge in [-0.05, 0) is 0 Å². The highest BCUT2D eigenvalue weighted by atomic mass is 28.3. The molecule has 2 heterocycles. The van der Waals surface area contributed by atoms with Gasteiger partial charge in [0.1, 0.15) is 12.2 Å². The molecule has 0 radical (unpaired) electrons. The topological polar surface area (TPSA) is 62.0 Å². The molecule has 0 aromatic rings. The number of hydrogen-bond acceptors (Lipinski definition) is 6. The van der Waals surface area contributed by atoms with E-state index in [1.807, 2.05) is 0 Å². The van der Waals surface area contributed by atoms with E-state index in [1.165, 1.54) is 0 Å². The van der Waals surface area contributed by atoms with Gasteiger partial charge in [-0.3, -0.25) is 0 Å². The molecule has 6 nitrogen and oxygen atoms in total. The van der Waals surface area contributed by atoms with Gasteiger partial charge >= 0.3 is 9.53 Å². The lowest BCUT2D eigenvalue weighted by atomic mass is 10.5. The Kier molecular flexibility index (Phi) is 7.13. The van der Waals surface area contributed by atoms with Gasteiger partial charge in [0.2, 0.25) is 0 Å². The standard InChI is InChI=1S/C6H10O3.C3H10O3Si/c1(5-3-8-5)7-2-6-4-9-6;1-4-7(5-2)6-3/h5-6H,1-4H2;7H,1-3H3. The molecule has 2 saturated heterocycles. The van der Waals surface area contributed by atoms with Gasteiger partial charge in [0.25, 0.3) is 0 Å². The molecule has 2 aliphatic heterocycles. The first-order valence-electron chi connectivity index (χ1n) is 5.19. The van der Waals surface area contributed by atoms with Crippen LogP contribution in [0.5, 0.6) is 0 Å². The Hall–Kier alpha value is -0.0231. The minimum Gasteiger partial charge on any atom is -0.379 e. The van der Waals surface area contributed by atoms with Crippen molar-refractivity contribution in [3.05, 3.63) is 0 Å². The molecule has 0 bridgehead atoms. The minimum absolute atomic E-state index is 0.392. The van der Waals surface area contributed by atoms with Crippen LogP contribution in [0.3, 0.4) is 0 Å². The fourth-order valence-electron chi connectivity index (χ4n) is 0.948. The van der Waals surface area contributed by atoms with Crippen LogP contribution in [0.1, 0.15) is 0 Å². The van der Waals surface area contributed by atoms with Crippen LogP contribution in [0.15, 0.2) is 0 Å². The molecule has 0 aliphatic carbocycles. The van der Waals surface area contributed by atoms with Crippen molar-refractivity contribution in [2.75, 3.05) is 47.8 Å². The lowest BCUT2D eigenvalue weighted by Crippen LogP contribution is -2.21. The van der Waals surface area contributed by atoms with Crippen LogP contribution in [-0.4, -0.2) is 69.5 Å². The summed E-state index contributed by atoms with van der Waals surface area (Å²) in [6, 6.07) is 0. The highest BCUT2D eigenvalue weighted by Crippen LogP contribution is 2.12. The summed E-state index contributed by atoms with van der Waals surface area (Å²) in [4.78, 5) is 0. The Bertz CT molecular complexity index is 152. The van der Waals surface area contributed by atoms with E-state index in [2.05, 4.69) is 0 Å². The molecule has 16 heavy (non-hydrogen) atoms. The Balaban J connectivity index is 0.000000168. The predicted molar refractivity (Wildman–Crippen MR) is 58.5 cm³/mol. The third kappa shape index (κ3) is 7.28. The van der Waals surface area contributed by atoms with E-state index in [9.17, 15) is 0 Å². The third-order valence-electron chi connectivity index (χ3n) is 1.99. The van der Waals surface area contributed by atoms with Gasteiger partial charge in [-0.1, -0.05) is 0 Å². The maximum atomic E-state index is 5.23. The molecule has 0 N–H and O–H groups in total. The monoisotopic (exact) mass is 252 g/mol. The third-order valence-corrected chi connectivity index (χ3v) is 3.14. The van der Waals surface area contributed by atoms with Crippen LogP contribution < -0.4 is 0 Å². The quantitative estimate of drug-likeness (QED) is 0.447. The molecule has 0 saturated carbocycles. The summed E-state index contributed by atoms with van der Waals surface area (Å²) in [5, 5.41) is 0. The second-order valence-corrected chi connectivity index (χ2v) is 5.44. The molecular formula is C9H20O6Si. The highest BCUT2D eigenvalue weighted by molar-refractivity contribution is 6.36. The zero-order valence-corrected chi connectivity index (χ0v) is 11.2. The number of rotatable bonds is 7. The van der Waals surface area contributed by atoms with Gasteiger partial charge in [0.15, 0.2) is 0 Å². The summed E-state index contributed by atoms with van der Waals surface area (Å²) in [7, 11) is 3.05. The van der Waals surface area contributed by atoms with Gasteiger partial charge < -0.3 is 27.5 Å². The van der Waals surface area contributed by atoms with Crippen molar-refractivity contribution in [2.24, 2.45) is 0 Å². The van der Waals surface area contributed by atoms with Crippen molar-refractivity contribution in [1.82, 2.24) is 0 Å². The average Bonchev–Trinajstić information content (AvgIpc) is 3.16. The maximum absolute atomic E-state index is 5.23. The SMILES string of the molecule is C(OCC1CO1)C1CO1.CO[SiH](OC)OC. The molecule has 2 atom stereocenters. The van der Waals surface area contributed by atoms with E-state index >= 15 is 0 Å². The maximum Gasteiger partial charge on any atom is 0.483 e. The zero-order chi connectivity index (χ0) is 11.8. The summed E-state index contributed by atoms with van der Waals surface area (Å²) in [5.41, 5.74) is 0. The van der Waals surface area contributed by atoms with E-state index in [0.717, 1.165) is 26.4 Å². The molecule has 96 valence electrons. The Morgan fingerprint density at radius 3 is 1.50 bits per heavy atom. The lowest BCUT2D eigenvalue weighted by Gasteiger charge is -2.05. The first kappa shape index (κ1) is 14.0. The van der Waals surface area contributed by atoms with Crippen molar-refractivity contribution in [2.45, 2.75) is 12.2 Å². The van der Waals surface area contributed by atoms with E-state index < -0.39 is 9.53 Å². The van der Waals surface area contributed by atoms with Crippen LogP contribution in [0.25, 0.3) is 0 Å². The van der Waals surface area contributed by atoms with E-state index in [0.29, 0.717) is 12.2 Å². The van der Waals surface area contributed by atoms with Gasteiger partial charge in [-0.15, -0.1) is 0 Å². The molecular weight excluding hydrogens is 232 g/mol. The average molecular weight is 252 g/mol. The molecule has 2 fully saturated rings. The van der Waals surface area contributed by atoms with E-state index in [4.69, 9.17) is 27.5 Å². The van der Waals surface area contributed by atoms with Gasteiger partial charge in [0.05, 0.1) is 26.4 Å². The van der Waals surface area contributed by atoms with Crippen LogP contribution >= 0.6 is 0 Å². The van der Waals surface area contributed by atoms with Crippen LogP contribution in [-0.2, 0) is 27.5 Å². The molecule has 7 heteroatoms. The summed E-state index contributed by atoms with van der Waals surface area (Å²) in [5.74, 6) is 0. The highest BCUT2D eigenvalue weighted by Gasteiger charge is 2.26. The molecule has 2 aliphatic rings. The summed E-state index contributed by atoms with van der Waals surface area (Å²) >= 11 is 0. The minimum atomic E-state index is -1.67. The number of epoxide rings is 2. The number of ether oxygens (including phenoxy) is 3. The first-order valence-corrected chi connectivity index (χ1v) is 6.61. The normalized spacial score (nSPS) is 26.2. The van der Waals surface area contributed by atoms with Crippen LogP contribution in [0.2, 0.25) is 0 Å². The van der Waals surface area contributed by atoms with Crippen LogP contribution in [0.4, 0.5) is 0 Å². The molecule has 0 amide bonds. The Morgan fingerprint density at radius 2 is 1.31 bits per heavy atom. The molecule has 0 aromatic heterocycles. The zero-order valence-electron chi connectivity index (χ0n) is 10.0. The van der Waals surface area contributed by atoms with Crippen molar-refractivity contribution in [1.29, 1.82) is 0 Å². The van der Waals surface area contributed by atoms with Crippen molar-refractivity contribution in [3.63, 3.8) is 0 Å². The molecule has 2 unspecified atom stereocenters. The smallest absolute Gasteiger partial charge is 0.379 e. The second-order valence-electron chi connectivity index (χ2n) is 3.44. The molecule has 2 rings (SSSR count). The fourth-order valence-corrected chi connectivity index (χ4v) is 1.53. The van der Waals surface area contributed by atoms with Gasteiger partial charge in [0, 0.05) is 21.3 Å². The summed E-state index contributed by atoms with van der Waals surface area (Å²) in [6.07, 6.45) is 0.785. The van der Waals surface area contributed by atoms with Crippen molar-refractivity contribution in [3.8, 4) is 0 Å². The summed E-state index contributed by atoms with van der Waals surface area (Å²) in [6.45, 7) is 3.26. The molecule has 0 spiro atoms. The fraction of sp³-hybridized carbons (Fsp3) is 1.00. The van der Waals surface area contributed by atoms with E-state index in [1.54, 1.807) is 21.3 Å². The Labute approximate surface area is 97.7 Å². The predicted octanol–water partition coefficient (Wildman–Crippen LogP) is -0.557. The molecule has 0 aromatic carbocycles. The first-order chi connectivity index (χ1) is 7.80. The van der Waals surface area contributed by atoms with Gasteiger partial charge in [-0.25, -0.2) is 0 Å². The lowest BCUT2D eigenvalue weighted by molar-refractivity contribution is 0.102. The number of hydrogen-bond donors (Lipinski definition) is 0. The van der Waals surface area contributed by atoms with Gasteiger partial charge in [-0.2, -0.15) is 0 Å². The second kappa shape index (κ2) is 8.12. The van der Waals surface area contributed by atoms with Crippen molar-refractivity contribution >= 4 is 9.53 Å². The van der Waals surface area contributed by atoms with E-state index in [-0.39, 0.29) is 0 Å².